The third-order valence-corrected chi connectivity index (χ3v) is 3.50. The molecular formula is C15H15NO2S. The van der Waals surface area contributed by atoms with Crippen molar-refractivity contribution in [3.05, 3.63) is 53.6 Å². The van der Waals surface area contributed by atoms with Crippen LogP contribution in [0, 0.1) is 6.92 Å². The predicted octanol–water partition coefficient (Wildman–Crippen LogP) is 3.67. The van der Waals surface area contributed by atoms with Crippen LogP contribution in [0.25, 0.3) is 0 Å². The zero-order chi connectivity index (χ0) is 13.8. The third kappa shape index (κ3) is 3.29. The van der Waals surface area contributed by atoms with Crippen molar-refractivity contribution in [2.75, 3.05) is 11.6 Å². The summed E-state index contributed by atoms with van der Waals surface area (Å²) in [6.07, 6.45) is 1.99. The van der Waals surface area contributed by atoms with Gasteiger partial charge in [0.1, 0.15) is 5.75 Å². The van der Waals surface area contributed by atoms with E-state index in [-0.39, 0.29) is 11.7 Å². The van der Waals surface area contributed by atoms with Gasteiger partial charge in [-0.1, -0.05) is 6.07 Å². The summed E-state index contributed by atoms with van der Waals surface area (Å²) < 4.78 is 0. The van der Waals surface area contributed by atoms with Crippen LogP contribution in [0.15, 0.2) is 47.4 Å². The number of thioether (sulfide) groups is 1. The van der Waals surface area contributed by atoms with Crippen LogP contribution in [0.5, 0.6) is 5.75 Å². The zero-order valence-corrected chi connectivity index (χ0v) is 11.6. The molecule has 0 saturated heterocycles. The van der Waals surface area contributed by atoms with Crippen LogP contribution in [0.2, 0.25) is 0 Å². The smallest absolute Gasteiger partial charge is 0.255 e. The minimum atomic E-state index is -0.230. The minimum Gasteiger partial charge on any atom is -0.506 e. The molecule has 4 heteroatoms. The van der Waals surface area contributed by atoms with Crippen LogP contribution in [-0.4, -0.2) is 17.3 Å². The first-order chi connectivity index (χ1) is 9.10. The molecule has 0 bridgehead atoms. The number of rotatable bonds is 3. The Morgan fingerprint density at radius 3 is 2.42 bits per heavy atom. The number of nitrogens with one attached hydrogen (secondary N) is 1. The summed E-state index contributed by atoms with van der Waals surface area (Å²) in [4.78, 5) is 13.1. The highest BCUT2D eigenvalue weighted by molar-refractivity contribution is 7.98. The van der Waals surface area contributed by atoms with E-state index in [0.717, 1.165) is 10.5 Å². The van der Waals surface area contributed by atoms with E-state index >= 15 is 0 Å². The van der Waals surface area contributed by atoms with Gasteiger partial charge in [0.15, 0.2) is 0 Å². The molecule has 0 radical (unpaired) electrons. The van der Waals surface area contributed by atoms with Gasteiger partial charge in [-0.2, -0.15) is 0 Å². The van der Waals surface area contributed by atoms with Crippen molar-refractivity contribution in [2.24, 2.45) is 0 Å². The first-order valence-corrected chi connectivity index (χ1v) is 7.07. The maximum atomic E-state index is 12.0. The first-order valence-electron chi connectivity index (χ1n) is 5.85. The second-order valence-corrected chi connectivity index (χ2v) is 5.08. The van der Waals surface area contributed by atoms with E-state index in [1.807, 2.05) is 31.4 Å². The Hall–Kier alpha value is -1.94. The number of hydrogen-bond donors (Lipinski definition) is 2. The van der Waals surface area contributed by atoms with Gasteiger partial charge < -0.3 is 10.4 Å². The molecule has 0 unspecified atom stereocenters. The number of anilines is 1. The number of carbonyl (C=O) groups is 1. The second-order valence-electron chi connectivity index (χ2n) is 4.20. The highest BCUT2D eigenvalue weighted by Gasteiger charge is 2.08. The lowest BCUT2D eigenvalue weighted by atomic mass is 10.2. The number of carbonyl (C=O) groups excluding carboxylic acids is 1. The van der Waals surface area contributed by atoms with Crippen molar-refractivity contribution >= 4 is 23.4 Å². The summed E-state index contributed by atoms with van der Waals surface area (Å²) in [7, 11) is 0. The molecule has 0 spiro atoms. The van der Waals surface area contributed by atoms with Crippen LogP contribution in [0.1, 0.15) is 15.9 Å². The molecule has 2 rings (SSSR count). The van der Waals surface area contributed by atoms with Gasteiger partial charge >= 0.3 is 0 Å². The standard InChI is InChI=1S/C15H15NO2S/c1-10-3-8-13(14(17)9-10)16-15(18)11-4-6-12(19-2)7-5-11/h3-9,17H,1-2H3,(H,16,18). The Morgan fingerprint density at radius 1 is 1.16 bits per heavy atom. The third-order valence-electron chi connectivity index (χ3n) is 2.75. The Labute approximate surface area is 116 Å². The molecule has 98 valence electrons. The van der Waals surface area contributed by atoms with E-state index in [0.29, 0.717) is 11.3 Å². The monoisotopic (exact) mass is 273 g/mol. The fourth-order valence-corrected chi connectivity index (χ4v) is 2.09. The molecular weight excluding hydrogens is 258 g/mol. The van der Waals surface area contributed by atoms with Crippen molar-refractivity contribution in [1.29, 1.82) is 0 Å². The van der Waals surface area contributed by atoms with Gasteiger partial charge in [0.25, 0.3) is 5.91 Å². The minimum absolute atomic E-state index is 0.0779. The molecule has 0 fully saturated rings. The number of hydrogen-bond acceptors (Lipinski definition) is 3. The molecule has 3 nitrogen and oxygen atoms in total. The van der Waals surface area contributed by atoms with Crippen molar-refractivity contribution in [3.8, 4) is 5.75 Å². The Kier molecular flexibility index (Phi) is 4.12. The van der Waals surface area contributed by atoms with Crippen LogP contribution in [0.4, 0.5) is 5.69 Å². The molecule has 0 aliphatic rings. The van der Waals surface area contributed by atoms with E-state index in [9.17, 15) is 9.90 Å². The average Bonchev–Trinajstić information content (AvgIpc) is 2.42. The van der Waals surface area contributed by atoms with Crippen molar-refractivity contribution in [2.45, 2.75) is 11.8 Å². The number of aromatic hydroxyl groups is 1. The van der Waals surface area contributed by atoms with E-state index < -0.39 is 0 Å². The van der Waals surface area contributed by atoms with Crippen molar-refractivity contribution in [3.63, 3.8) is 0 Å². The quantitative estimate of drug-likeness (QED) is 0.662. The van der Waals surface area contributed by atoms with E-state index in [4.69, 9.17) is 0 Å². The summed E-state index contributed by atoms with van der Waals surface area (Å²) in [5, 5.41) is 12.4. The van der Waals surface area contributed by atoms with Gasteiger partial charge in [0.2, 0.25) is 0 Å². The number of phenols is 1. The molecule has 2 aromatic carbocycles. The summed E-state index contributed by atoms with van der Waals surface area (Å²) in [5.41, 5.74) is 1.93. The summed E-state index contributed by atoms with van der Waals surface area (Å²) in [6, 6.07) is 12.5. The lowest BCUT2D eigenvalue weighted by molar-refractivity contribution is 0.102. The molecule has 0 heterocycles. The largest absolute Gasteiger partial charge is 0.506 e. The maximum absolute atomic E-state index is 12.0. The molecule has 2 N–H and O–H groups in total. The molecule has 2 aromatic rings. The Balaban J connectivity index is 2.15. The van der Waals surface area contributed by atoms with Crippen LogP contribution < -0.4 is 5.32 Å². The van der Waals surface area contributed by atoms with Crippen LogP contribution in [0.3, 0.4) is 0 Å². The molecule has 19 heavy (non-hydrogen) atoms. The highest BCUT2D eigenvalue weighted by atomic mass is 32.2. The summed E-state index contributed by atoms with van der Waals surface area (Å²) >= 11 is 1.63. The fraction of sp³-hybridized carbons (Fsp3) is 0.133. The summed E-state index contributed by atoms with van der Waals surface area (Å²) in [5.74, 6) is -0.152. The maximum Gasteiger partial charge on any atom is 0.255 e. The highest BCUT2D eigenvalue weighted by Crippen LogP contribution is 2.24. The number of amides is 1. The van der Waals surface area contributed by atoms with E-state index in [1.54, 1.807) is 36.0 Å². The van der Waals surface area contributed by atoms with Gasteiger partial charge in [0.05, 0.1) is 5.69 Å². The first kappa shape index (κ1) is 13.5. The Morgan fingerprint density at radius 2 is 1.84 bits per heavy atom. The number of benzene rings is 2. The van der Waals surface area contributed by atoms with Crippen molar-refractivity contribution in [1.82, 2.24) is 0 Å². The van der Waals surface area contributed by atoms with Gasteiger partial charge in [-0.15, -0.1) is 11.8 Å². The number of aryl methyl sites for hydroxylation is 1. The van der Waals surface area contributed by atoms with Gasteiger partial charge in [-0.3, -0.25) is 4.79 Å². The van der Waals surface area contributed by atoms with Crippen molar-refractivity contribution < 1.29 is 9.90 Å². The molecule has 0 aromatic heterocycles. The topological polar surface area (TPSA) is 49.3 Å². The molecule has 0 saturated carbocycles. The van der Waals surface area contributed by atoms with E-state index in [1.165, 1.54) is 0 Å². The van der Waals surface area contributed by atoms with Gasteiger partial charge in [0, 0.05) is 10.5 Å². The van der Waals surface area contributed by atoms with Gasteiger partial charge in [-0.25, -0.2) is 0 Å². The van der Waals surface area contributed by atoms with Crippen LogP contribution in [-0.2, 0) is 0 Å². The Bertz CT molecular complexity index is 594. The second kappa shape index (κ2) is 5.80. The normalized spacial score (nSPS) is 10.2. The molecule has 0 aliphatic heterocycles. The lowest BCUT2D eigenvalue weighted by Crippen LogP contribution is -2.11. The van der Waals surface area contributed by atoms with Crippen LogP contribution >= 0.6 is 11.8 Å². The lowest BCUT2D eigenvalue weighted by Gasteiger charge is -2.08. The average molecular weight is 273 g/mol. The SMILES string of the molecule is CSc1ccc(C(=O)Nc2ccc(C)cc2O)cc1. The molecule has 0 aliphatic carbocycles. The molecule has 0 atom stereocenters. The number of phenolic OH excluding ortho intramolecular Hbond substituents is 1. The molecule has 1 amide bonds. The van der Waals surface area contributed by atoms with E-state index in [2.05, 4.69) is 5.32 Å². The predicted molar refractivity (Wildman–Crippen MR) is 79.0 cm³/mol. The zero-order valence-electron chi connectivity index (χ0n) is 10.8. The fourth-order valence-electron chi connectivity index (χ4n) is 1.68. The summed E-state index contributed by atoms with van der Waals surface area (Å²) in [6.45, 7) is 1.88. The van der Waals surface area contributed by atoms with Gasteiger partial charge in [-0.05, 0) is 55.1 Å².